The minimum atomic E-state index is 0.345. The van der Waals surface area contributed by atoms with Crippen LogP contribution in [0.25, 0.3) is 22.9 Å². The molecule has 6 nitrogen and oxygen atoms in total. The summed E-state index contributed by atoms with van der Waals surface area (Å²) in [5.74, 6) is 1.87. The van der Waals surface area contributed by atoms with Crippen LogP contribution >= 0.6 is 31.9 Å². The molecule has 3 aromatic rings. The molecule has 110 valence electrons. The molecule has 0 spiro atoms. The van der Waals surface area contributed by atoms with E-state index in [0.717, 1.165) is 6.42 Å². The van der Waals surface area contributed by atoms with Crippen LogP contribution in [0.4, 0.5) is 0 Å². The topological polar surface area (TPSA) is 74.2 Å². The van der Waals surface area contributed by atoms with Crippen molar-refractivity contribution < 1.29 is 13.6 Å². The van der Waals surface area contributed by atoms with Crippen LogP contribution < -0.4 is 4.74 Å². The summed E-state index contributed by atoms with van der Waals surface area (Å²) in [6.07, 6.45) is 0.880. The zero-order chi connectivity index (χ0) is 14.8. The van der Waals surface area contributed by atoms with E-state index in [1.54, 1.807) is 12.1 Å². The monoisotopic (exact) mass is 415 g/mol. The second kappa shape index (κ2) is 6.15. The minimum Gasteiger partial charge on any atom is -0.476 e. The highest BCUT2D eigenvalue weighted by Gasteiger charge is 2.18. The third-order valence-electron chi connectivity index (χ3n) is 2.62. The van der Waals surface area contributed by atoms with Crippen molar-refractivity contribution in [2.75, 3.05) is 6.61 Å². The first-order valence-corrected chi connectivity index (χ1v) is 8.24. The van der Waals surface area contributed by atoms with Crippen molar-refractivity contribution in [3.8, 4) is 17.5 Å². The molecule has 3 rings (SSSR count). The Kier molecular flexibility index (Phi) is 4.25. The van der Waals surface area contributed by atoms with Crippen LogP contribution in [0.3, 0.4) is 0 Å². The summed E-state index contributed by atoms with van der Waals surface area (Å²) in [5.41, 5.74) is 0.878. The molecule has 0 N–H and O–H groups in total. The SMILES string of the molecule is CCCOc1nc(CBr)nc2oc(-c3ccc(Br)o3)nc12. The van der Waals surface area contributed by atoms with E-state index in [9.17, 15) is 0 Å². The molecule has 8 heteroatoms. The molecule has 0 amide bonds. The van der Waals surface area contributed by atoms with Gasteiger partial charge in [-0.1, -0.05) is 22.9 Å². The van der Waals surface area contributed by atoms with Crippen molar-refractivity contribution in [1.82, 2.24) is 15.0 Å². The molecule has 0 fully saturated rings. The zero-order valence-electron chi connectivity index (χ0n) is 11.1. The number of oxazole rings is 1. The lowest BCUT2D eigenvalue weighted by molar-refractivity contribution is 0.307. The van der Waals surface area contributed by atoms with E-state index in [2.05, 4.69) is 46.8 Å². The quantitative estimate of drug-likeness (QED) is 0.576. The summed E-state index contributed by atoms with van der Waals surface area (Å²) < 4.78 is 17.3. The summed E-state index contributed by atoms with van der Waals surface area (Å²) in [6, 6.07) is 3.54. The number of rotatable bonds is 5. The minimum absolute atomic E-state index is 0.345. The fourth-order valence-corrected chi connectivity index (χ4v) is 2.29. The highest BCUT2D eigenvalue weighted by Crippen LogP contribution is 2.30. The first kappa shape index (κ1) is 14.5. The average Bonchev–Trinajstić information content (AvgIpc) is 3.10. The molecule has 0 aromatic carbocycles. The Morgan fingerprint density at radius 1 is 1.19 bits per heavy atom. The number of hydrogen-bond donors (Lipinski definition) is 0. The van der Waals surface area contributed by atoms with Crippen LogP contribution in [0.1, 0.15) is 19.2 Å². The third kappa shape index (κ3) is 2.96. The molecule has 0 aliphatic heterocycles. The van der Waals surface area contributed by atoms with Crippen molar-refractivity contribution in [2.45, 2.75) is 18.7 Å². The van der Waals surface area contributed by atoms with Crippen molar-refractivity contribution >= 4 is 43.1 Å². The van der Waals surface area contributed by atoms with Gasteiger partial charge in [0.05, 0.1) is 11.9 Å². The van der Waals surface area contributed by atoms with E-state index >= 15 is 0 Å². The maximum atomic E-state index is 5.65. The van der Waals surface area contributed by atoms with Gasteiger partial charge in [0.15, 0.2) is 15.9 Å². The van der Waals surface area contributed by atoms with Gasteiger partial charge in [0.1, 0.15) is 5.82 Å². The third-order valence-corrected chi connectivity index (χ3v) is 3.55. The van der Waals surface area contributed by atoms with Gasteiger partial charge in [-0.15, -0.1) is 0 Å². The highest BCUT2D eigenvalue weighted by molar-refractivity contribution is 9.10. The number of alkyl halides is 1. The standard InChI is InChI=1S/C13H11Br2N3O3/c1-2-5-19-12-10-13(17-9(6-14)16-12)21-11(18-10)7-3-4-8(15)20-7/h3-4H,2,5-6H2,1H3. The molecule has 0 aliphatic rings. The summed E-state index contributed by atoms with van der Waals surface area (Å²) in [5, 5.41) is 0.508. The van der Waals surface area contributed by atoms with Gasteiger partial charge in [0.25, 0.3) is 11.6 Å². The second-order valence-electron chi connectivity index (χ2n) is 4.20. The van der Waals surface area contributed by atoms with Gasteiger partial charge in [0.2, 0.25) is 5.88 Å². The molecule has 0 aliphatic carbocycles. The zero-order valence-corrected chi connectivity index (χ0v) is 14.3. The van der Waals surface area contributed by atoms with Crippen LogP contribution in [-0.2, 0) is 5.33 Å². The number of nitrogens with zero attached hydrogens (tertiary/aromatic N) is 3. The molecule has 3 aromatic heterocycles. The van der Waals surface area contributed by atoms with Crippen LogP contribution in [0.5, 0.6) is 5.88 Å². The van der Waals surface area contributed by atoms with Crippen LogP contribution in [0.2, 0.25) is 0 Å². The second-order valence-corrected chi connectivity index (χ2v) is 5.55. The first-order valence-electron chi connectivity index (χ1n) is 6.33. The molecular weight excluding hydrogens is 406 g/mol. The number of aromatic nitrogens is 3. The Bertz CT molecular complexity index is 769. The Labute approximate surface area is 137 Å². The lowest BCUT2D eigenvalue weighted by Crippen LogP contribution is -2.01. The maximum Gasteiger partial charge on any atom is 0.265 e. The molecule has 3 heterocycles. The van der Waals surface area contributed by atoms with Crippen LogP contribution in [0, 0.1) is 0 Å². The molecule has 21 heavy (non-hydrogen) atoms. The largest absolute Gasteiger partial charge is 0.476 e. The van der Waals surface area contributed by atoms with E-state index in [0.29, 0.717) is 51.2 Å². The van der Waals surface area contributed by atoms with E-state index < -0.39 is 0 Å². The van der Waals surface area contributed by atoms with Crippen molar-refractivity contribution in [1.29, 1.82) is 0 Å². The normalized spacial score (nSPS) is 11.2. The van der Waals surface area contributed by atoms with Gasteiger partial charge < -0.3 is 13.6 Å². The Hall–Kier alpha value is -1.41. The first-order chi connectivity index (χ1) is 10.2. The Morgan fingerprint density at radius 3 is 2.71 bits per heavy atom. The van der Waals surface area contributed by atoms with Gasteiger partial charge in [-0.3, -0.25) is 0 Å². The fraction of sp³-hybridized carbons (Fsp3) is 0.308. The Morgan fingerprint density at radius 2 is 2.05 bits per heavy atom. The smallest absolute Gasteiger partial charge is 0.265 e. The van der Waals surface area contributed by atoms with Gasteiger partial charge in [-0.05, 0) is 34.5 Å². The lowest BCUT2D eigenvalue weighted by Gasteiger charge is -2.04. The molecule has 0 atom stereocenters. The van der Waals surface area contributed by atoms with Crippen molar-refractivity contribution in [2.24, 2.45) is 0 Å². The van der Waals surface area contributed by atoms with E-state index in [1.807, 2.05) is 6.92 Å². The van der Waals surface area contributed by atoms with E-state index in [1.165, 1.54) is 0 Å². The molecule has 0 radical (unpaired) electrons. The summed E-state index contributed by atoms with van der Waals surface area (Å²) in [4.78, 5) is 13.0. The van der Waals surface area contributed by atoms with Crippen LogP contribution in [-0.4, -0.2) is 21.6 Å². The van der Waals surface area contributed by atoms with E-state index in [4.69, 9.17) is 13.6 Å². The lowest BCUT2D eigenvalue weighted by atomic mass is 10.4. The maximum absolute atomic E-state index is 5.65. The number of hydrogen-bond acceptors (Lipinski definition) is 6. The molecule has 0 bridgehead atoms. The van der Waals surface area contributed by atoms with E-state index in [-0.39, 0.29) is 0 Å². The molecule has 0 unspecified atom stereocenters. The summed E-state index contributed by atoms with van der Waals surface area (Å²) >= 11 is 6.58. The molecular formula is C13H11Br2N3O3. The number of furan rings is 1. The molecule has 0 saturated carbocycles. The van der Waals surface area contributed by atoms with Gasteiger partial charge >= 0.3 is 0 Å². The Balaban J connectivity index is 2.10. The number of fused-ring (bicyclic) bond motifs is 1. The number of ether oxygens (including phenoxy) is 1. The highest BCUT2D eigenvalue weighted by atomic mass is 79.9. The summed E-state index contributed by atoms with van der Waals surface area (Å²) in [6.45, 7) is 2.58. The van der Waals surface area contributed by atoms with Crippen molar-refractivity contribution in [3.05, 3.63) is 22.6 Å². The van der Waals surface area contributed by atoms with Gasteiger partial charge in [-0.2, -0.15) is 15.0 Å². The van der Waals surface area contributed by atoms with Gasteiger partial charge in [-0.25, -0.2) is 0 Å². The van der Waals surface area contributed by atoms with Crippen LogP contribution in [0.15, 0.2) is 25.6 Å². The predicted molar refractivity (Wildman–Crippen MR) is 83.4 cm³/mol. The fourth-order valence-electron chi connectivity index (χ4n) is 1.73. The van der Waals surface area contributed by atoms with Gasteiger partial charge in [0, 0.05) is 0 Å². The molecule has 0 saturated heterocycles. The van der Waals surface area contributed by atoms with Crippen molar-refractivity contribution in [3.63, 3.8) is 0 Å². The predicted octanol–water partition coefficient (Wildman–Crippen LogP) is 4.32. The average molecular weight is 417 g/mol. The summed E-state index contributed by atoms with van der Waals surface area (Å²) in [7, 11) is 0. The number of halogens is 2.